The molecule has 3 heteroatoms. The number of benzene rings is 1. The van der Waals surface area contributed by atoms with Crippen molar-refractivity contribution >= 4 is 11.6 Å². The lowest BCUT2D eigenvalue weighted by molar-refractivity contribution is -0.121. The van der Waals surface area contributed by atoms with E-state index in [1.54, 1.807) is 0 Å². The fourth-order valence-corrected chi connectivity index (χ4v) is 1.56. The molecule has 1 amide bonds. The van der Waals surface area contributed by atoms with Crippen molar-refractivity contribution in [3.05, 3.63) is 35.9 Å². The predicted molar refractivity (Wildman–Crippen MR) is 53.7 cm³/mol. The van der Waals surface area contributed by atoms with Gasteiger partial charge in [-0.25, -0.2) is 5.43 Å². The smallest absolute Gasteiger partial charge is 0.240 e. The molecule has 1 heterocycles. The molecule has 1 aliphatic rings. The van der Waals surface area contributed by atoms with E-state index in [-0.39, 0.29) is 11.8 Å². The standard InChI is InChI=1S/C11H11N2O/c1-8-7-10(14)12-13-11(8)9-5-3-2-4-6-9/h3-6,8H,7H2,1H3,(H,12,14). The molecule has 1 radical (unpaired) electrons. The Balaban J connectivity index is 2.31. The van der Waals surface area contributed by atoms with E-state index in [4.69, 9.17) is 0 Å². The third-order valence-electron chi connectivity index (χ3n) is 2.27. The van der Waals surface area contributed by atoms with Crippen LogP contribution in [-0.4, -0.2) is 11.6 Å². The number of amides is 1. The Morgan fingerprint density at radius 1 is 1.50 bits per heavy atom. The second-order valence-corrected chi connectivity index (χ2v) is 3.43. The lowest BCUT2D eigenvalue weighted by Gasteiger charge is -2.18. The summed E-state index contributed by atoms with van der Waals surface area (Å²) in [7, 11) is 0. The van der Waals surface area contributed by atoms with Crippen LogP contribution in [0.1, 0.15) is 18.9 Å². The van der Waals surface area contributed by atoms with Crippen LogP contribution in [-0.2, 0) is 4.79 Å². The largest absolute Gasteiger partial charge is 0.273 e. The zero-order valence-electron chi connectivity index (χ0n) is 7.95. The molecule has 0 fully saturated rings. The Bertz CT molecular complexity index is 370. The Labute approximate surface area is 82.8 Å². The van der Waals surface area contributed by atoms with Gasteiger partial charge in [0.1, 0.15) is 0 Å². The summed E-state index contributed by atoms with van der Waals surface area (Å²) >= 11 is 0. The highest BCUT2D eigenvalue weighted by molar-refractivity contribution is 6.05. The molecule has 0 saturated carbocycles. The molecule has 3 nitrogen and oxygen atoms in total. The van der Waals surface area contributed by atoms with Crippen LogP contribution < -0.4 is 5.43 Å². The number of carbonyl (C=O) groups is 1. The van der Waals surface area contributed by atoms with Crippen LogP contribution in [0.3, 0.4) is 0 Å². The highest BCUT2D eigenvalue weighted by Crippen LogP contribution is 2.15. The van der Waals surface area contributed by atoms with E-state index in [1.165, 1.54) is 0 Å². The summed E-state index contributed by atoms with van der Waals surface area (Å²) in [6.07, 6.45) is 0.511. The third kappa shape index (κ3) is 1.66. The molecule has 0 spiro atoms. The predicted octanol–water partition coefficient (Wildman–Crippen LogP) is 1.35. The zero-order valence-corrected chi connectivity index (χ0v) is 7.95. The topological polar surface area (TPSA) is 41.5 Å². The number of hydrogen-bond acceptors (Lipinski definition) is 2. The summed E-state index contributed by atoms with van der Waals surface area (Å²) in [4.78, 5) is 11.0. The number of carbonyl (C=O) groups excluding carboxylic acids is 1. The molecule has 1 atom stereocenters. The van der Waals surface area contributed by atoms with Gasteiger partial charge in [-0.15, -0.1) is 0 Å². The monoisotopic (exact) mass is 187 g/mol. The molecule has 0 saturated heterocycles. The van der Waals surface area contributed by atoms with Gasteiger partial charge in [0.25, 0.3) is 0 Å². The van der Waals surface area contributed by atoms with E-state index in [0.29, 0.717) is 6.42 Å². The van der Waals surface area contributed by atoms with Gasteiger partial charge in [-0.05, 0) is 11.6 Å². The average molecular weight is 187 g/mol. The minimum Gasteiger partial charge on any atom is -0.273 e. The van der Waals surface area contributed by atoms with Crippen molar-refractivity contribution in [3.8, 4) is 0 Å². The second kappa shape index (κ2) is 3.62. The van der Waals surface area contributed by atoms with Crippen LogP contribution in [0.4, 0.5) is 0 Å². The molecule has 0 aromatic heterocycles. The van der Waals surface area contributed by atoms with Gasteiger partial charge < -0.3 is 0 Å². The van der Waals surface area contributed by atoms with E-state index < -0.39 is 0 Å². The van der Waals surface area contributed by atoms with Crippen LogP contribution in [0.15, 0.2) is 29.4 Å². The van der Waals surface area contributed by atoms with Gasteiger partial charge in [0.05, 0.1) is 5.71 Å². The van der Waals surface area contributed by atoms with Gasteiger partial charge in [0.2, 0.25) is 5.91 Å². The molecule has 2 rings (SSSR count). The number of hydrazone groups is 1. The first-order valence-corrected chi connectivity index (χ1v) is 4.60. The Morgan fingerprint density at radius 3 is 2.86 bits per heavy atom. The van der Waals surface area contributed by atoms with E-state index in [0.717, 1.165) is 11.3 Å². The normalized spacial score (nSPS) is 21.4. The van der Waals surface area contributed by atoms with Gasteiger partial charge in [0.15, 0.2) is 0 Å². The number of nitrogens with zero attached hydrogens (tertiary/aromatic N) is 1. The Hall–Kier alpha value is -1.64. The lowest BCUT2D eigenvalue weighted by atomic mass is 9.94. The third-order valence-corrected chi connectivity index (χ3v) is 2.27. The second-order valence-electron chi connectivity index (χ2n) is 3.43. The molecule has 0 bridgehead atoms. The SMILES string of the molecule is CC1CC(=O)NN=C1c1cc[c]cc1. The minimum atomic E-state index is -0.0104. The number of nitrogens with one attached hydrogen (secondary N) is 1. The molecule has 1 N–H and O–H groups in total. The van der Waals surface area contributed by atoms with E-state index >= 15 is 0 Å². The van der Waals surface area contributed by atoms with E-state index in [2.05, 4.69) is 16.6 Å². The first-order chi connectivity index (χ1) is 6.77. The maximum Gasteiger partial charge on any atom is 0.240 e. The fraction of sp³-hybridized carbons (Fsp3) is 0.273. The maximum absolute atomic E-state index is 11.0. The summed E-state index contributed by atoms with van der Waals surface area (Å²) in [5, 5.41) is 4.06. The van der Waals surface area contributed by atoms with Crippen molar-refractivity contribution in [2.24, 2.45) is 11.0 Å². The average Bonchev–Trinajstić information content (AvgIpc) is 2.19. The number of rotatable bonds is 1. The summed E-state index contributed by atoms with van der Waals surface area (Å²) in [5.74, 6) is 0.176. The zero-order chi connectivity index (χ0) is 9.97. The van der Waals surface area contributed by atoms with Crippen LogP contribution >= 0.6 is 0 Å². The van der Waals surface area contributed by atoms with E-state index in [1.807, 2.05) is 31.2 Å². The quantitative estimate of drug-likeness (QED) is 0.708. The van der Waals surface area contributed by atoms with Crippen LogP contribution in [0.5, 0.6) is 0 Å². The summed E-state index contributed by atoms with van der Waals surface area (Å²) in [6.45, 7) is 2.01. The Morgan fingerprint density at radius 2 is 2.21 bits per heavy atom. The van der Waals surface area contributed by atoms with Gasteiger partial charge in [-0.2, -0.15) is 5.10 Å². The van der Waals surface area contributed by atoms with Gasteiger partial charge >= 0.3 is 0 Å². The molecule has 1 unspecified atom stereocenters. The summed E-state index contributed by atoms with van der Waals surface area (Å²) < 4.78 is 0. The van der Waals surface area contributed by atoms with Crippen molar-refractivity contribution in [1.82, 2.24) is 5.43 Å². The molecule has 1 aromatic rings. The minimum absolute atomic E-state index is 0.0104. The molecule has 14 heavy (non-hydrogen) atoms. The lowest BCUT2D eigenvalue weighted by Crippen LogP contribution is -2.31. The summed E-state index contributed by atoms with van der Waals surface area (Å²) in [5.41, 5.74) is 4.50. The Kier molecular flexibility index (Phi) is 2.31. The van der Waals surface area contributed by atoms with Crippen LogP contribution in [0, 0.1) is 12.0 Å². The fourth-order valence-electron chi connectivity index (χ4n) is 1.56. The molecular weight excluding hydrogens is 176 g/mol. The van der Waals surface area contributed by atoms with Gasteiger partial charge in [-0.3, -0.25) is 4.79 Å². The van der Waals surface area contributed by atoms with Crippen molar-refractivity contribution < 1.29 is 4.79 Å². The number of hydrogen-bond donors (Lipinski definition) is 1. The summed E-state index contributed by atoms with van der Waals surface area (Å²) in [6, 6.07) is 10.6. The highest BCUT2D eigenvalue weighted by atomic mass is 16.2. The highest BCUT2D eigenvalue weighted by Gasteiger charge is 2.20. The van der Waals surface area contributed by atoms with Crippen molar-refractivity contribution in [3.63, 3.8) is 0 Å². The first kappa shape index (κ1) is 8.94. The maximum atomic E-state index is 11.0. The molecule has 0 aliphatic carbocycles. The van der Waals surface area contributed by atoms with Gasteiger partial charge in [-0.1, -0.05) is 31.2 Å². The molecule has 1 aliphatic heterocycles. The molecule has 71 valence electrons. The van der Waals surface area contributed by atoms with Crippen LogP contribution in [0.25, 0.3) is 0 Å². The van der Waals surface area contributed by atoms with Crippen molar-refractivity contribution in [1.29, 1.82) is 0 Å². The van der Waals surface area contributed by atoms with Crippen LogP contribution in [0.2, 0.25) is 0 Å². The van der Waals surface area contributed by atoms with E-state index in [9.17, 15) is 4.79 Å². The van der Waals surface area contributed by atoms with Crippen molar-refractivity contribution in [2.45, 2.75) is 13.3 Å². The molecular formula is C11H11N2O. The van der Waals surface area contributed by atoms with Crippen molar-refractivity contribution in [2.75, 3.05) is 0 Å². The molecule has 1 aromatic carbocycles. The first-order valence-electron chi connectivity index (χ1n) is 4.60. The van der Waals surface area contributed by atoms with Gasteiger partial charge in [0, 0.05) is 12.3 Å².